The molecule has 0 fully saturated rings. The zero-order valence-electron chi connectivity index (χ0n) is 11.0. The summed E-state index contributed by atoms with van der Waals surface area (Å²) in [5.74, 6) is 4.41. The van der Waals surface area contributed by atoms with Gasteiger partial charge in [-0.3, -0.25) is 15.1 Å². The number of amides is 1. The van der Waals surface area contributed by atoms with Crippen molar-refractivity contribution in [3.63, 3.8) is 0 Å². The molecule has 0 aliphatic carbocycles. The van der Waals surface area contributed by atoms with Crippen LogP contribution in [0, 0.1) is 5.82 Å². The van der Waals surface area contributed by atoms with Crippen LogP contribution < -0.4 is 11.3 Å². The van der Waals surface area contributed by atoms with Crippen LogP contribution in [0.1, 0.15) is 21.1 Å². The molecular weight excluding hydrogens is 279 g/mol. The number of hydrogen-bond acceptors (Lipinski definition) is 5. The number of halogens is 1. The van der Waals surface area contributed by atoms with Gasteiger partial charge in [-0.1, -0.05) is 12.1 Å². The Balaban J connectivity index is 1.96. The van der Waals surface area contributed by atoms with Crippen LogP contribution in [0.25, 0.3) is 0 Å². The highest BCUT2D eigenvalue weighted by atomic mass is 32.1. The van der Waals surface area contributed by atoms with Crippen LogP contribution in [0.2, 0.25) is 0 Å². The molecule has 0 spiro atoms. The Labute approximate surface area is 120 Å². The molecule has 0 saturated carbocycles. The Morgan fingerprint density at radius 2 is 2.30 bits per heavy atom. The summed E-state index contributed by atoms with van der Waals surface area (Å²) in [5.41, 5.74) is 3.72. The first-order chi connectivity index (χ1) is 9.58. The van der Waals surface area contributed by atoms with Crippen LogP contribution in [0.5, 0.6) is 0 Å². The van der Waals surface area contributed by atoms with Gasteiger partial charge in [-0.25, -0.2) is 15.2 Å². The molecule has 5 nitrogen and oxygen atoms in total. The predicted molar refractivity (Wildman–Crippen MR) is 75.3 cm³/mol. The zero-order valence-corrected chi connectivity index (χ0v) is 11.8. The third kappa shape index (κ3) is 3.83. The van der Waals surface area contributed by atoms with Crippen LogP contribution >= 0.6 is 11.3 Å². The van der Waals surface area contributed by atoms with E-state index in [2.05, 4.69) is 4.98 Å². The van der Waals surface area contributed by atoms with Gasteiger partial charge in [-0.05, 0) is 24.7 Å². The summed E-state index contributed by atoms with van der Waals surface area (Å²) in [6.07, 6.45) is 0. The molecular formula is C13H15FN4OS. The van der Waals surface area contributed by atoms with E-state index in [1.807, 2.05) is 28.8 Å². The lowest BCUT2D eigenvalue weighted by atomic mass is 10.2. The Hall–Kier alpha value is -1.83. The molecule has 0 aliphatic heterocycles. The Morgan fingerprint density at radius 3 is 3.00 bits per heavy atom. The van der Waals surface area contributed by atoms with Gasteiger partial charge in [-0.15, -0.1) is 11.3 Å². The van der Waals surface area contributed by atoms with Crippen LogP contribution in [-0.2, 0) is 13.1 Å². The SMILES string of the molecule is CN(Cc1cccc(F)c1)Cc1csc(C(=O)NN)n1. The predicted octanol–water partition coefficient (Wildman–Crippen LogP) is 1.52. The minimum atomic E-state index is -0.394. The Kier molecular flexibility index (Phi) is 4.78. The molecule has 106 valence electrons. The molecule has 0 atom stereocenters. The summed E-state index contributed by atoms with van der Waals surface area (Å²) in [6, 6.07) is 6.48. The Morgan fingerprint density at radius 1 is 1.50 bits per heavy atom. The van der Waals surface area contributed by atoms with Crippen molar-refractivity contribution in [2.75, 3.05) is 7.05 Å². The van der Waals surface area contributed by atoms with Crippen molar-refractivity contribution in [3.05, 3.63) is 51.7 Å². The number of benzene rings is 1. The first-order valence-corrected chi connectivity index (χ1v) is 6.85. The quantitative estimate of drug-likeness (QED) is 0.498. The van der Waals surface area contributed by atoms with E-state index in [1.54, 1.807) is 6.07 Å². The van der Waals surface area contributed by atoms with E-state index in [4.69, 9.17) is 5.84 Å². The third-order valence-corrected chi connectivity index (χ3v) is 3.54. The molecule has 2 rings (SSSR count). The van der Waals surface area contributed by atoms with Crippen LogP contribution in [0.15, 0.2) is 29.6 Å². The molecule has 0 unspecified atom stereocenters. The van der Waals surface area contributed by atoms with Crippen molar-refractivity contribution < 1.29 is 9.18 Å². The van der Waals surface area contributed by atoms with Gasteiger partial charge < -0.3 is 0 Å². The number of nitrogen functional groups attached to an aromatic ring is 1. The molecule has 2 aromatic rings. The fourth-order valence-electron chi connectivity index (χ4n) is 1.83. The summed E-state index contributed by atoms with van der Waals surface area (Å²) in [6.45, 7) is 1.18. The number of nitrogens with one attached hydrogen (secondary N) is 1. The second-order valence-electron chi connectivity index (χ2n) is 4.42. The van der Waals surface area contributed by atoms with E-state index in [9.17, 15) is 9.18 Å². The average Bonchev–Trinajstić information content (AvgIpc) is 2.86. The number of aromatic nitrogens is 1. The summed E-state index contributed by atoms with van der Waals surface area (Å²) in [7, 11) is 1.91. The standard InChI is InChI=1S/C13H15FN4OS/c1-18(6-9-3-2-4-10(14)5-9)7-11-8-20-13(16-11)12(19)17-15/h2-5,8H,6-7,15H2,1H3,(H,17,19). The first-order valence-electron chi connectivity index (χ1n) is 5.97. The molecule has 1 heterocycles. The molecule has 0 radical (unpaired) electrons. The lowest BCUT2D eigenvalue weighted by Gasteiger charge is -2.15. The summed E-state index contributed by atoms with van der Waals surface area (Å²) in [5, 5.41) is 2.15. The monoisotopic (exact) mass is 294 g/mol. The van der Waals surface area contributed by atoms with Gasteiger partial charge in [0, 0.05) is 18.5 Å². The van der Waals surface area contributed by atoms with Gasteiger partial charge in [0.05, 0.1) is 5.69 Å². The van der Waals surface area contributed by atoms with Gasteiger partial charge in [-0.2, -0.15) is 0 Å². The molecule has 0 bridgehead atoms. The number of rotatable bonds is 5. The van der Waals surface area contributed by atoms with E-state index in [1.165, 1.54) is 23.5 Å². The zero-order chi connectivity index (χ0) is 14.5. The number of nitrogens with two attached hydrogens (primary N) is 1. The van der Waals surface area contributed by atoms with E-state index >= 15 is 0 Å². The van der Waals surface area contributed by atoms with Gasteiger partial charge >= 0.3 is 0 Å². The second kappa shape index (κ2) is 6.56. The van der Waals surface area contributed by atoms with Crippen molar-refractivity contribution in [3.8, 4) is 0 Å². The topological polar surface area (TPSA) is 71.2 Å². The second-order valence-corrected chi connectivity index (χ2v) is 5.28. The van der Waals surface area contributed by atoms with Crippen molar-refractivity contribution >= 4 is 17.2 Å². The fraction of sp³-hybridized carbons (Fsp3) is 0.231. The normalized spacial score (nSPS) is 10.8. The summed E-state index contributed by atoms with van der Waals surface area (Å²) < 4.78 is 13.1. The smallest absolute Gasteiger partial charge is 0.294 e. The van der Waals surface area contributed by atoms with E-state index < -0.39 is 5.91 Å². The van der Waals surface area contributed by atoms with E-state index in [0.29, 0.717) is 18.1 Å². The lowest BCUT2D eigenvalue weighted by Crippen LogP contribution is -2.29. The third-order valence-electron chi connectivity index (χ3n) is 2.65. The summed E-state index contributed by atoms with van der Waals surface area (Å²) in [4.78, 5) is 17.5. The van der Waals surface area contributed by atoms with E-state index in [0.717, 1.165) is 11.3 Å². The maximum Gasteiger partial charge on any atom is 0.294 e. The molecule has 0 saturated heterocycles. The highest BCUT2D eigenvalue weighted by Crippen LogP contribution is 2.13. The minimum Gasteiger partial charge on any atom is -0.296 e. The maximum atomic E-state index is 13.1. The number of hydrogen-bond donors (Lipinski definition) is 2. The van der Waals surface area contributed by atoms with Gasteiger partial charge in [0.15, 0.2) is 5.01 Å². The highest BCUT2D eigenvalue weighted by molar-refractivity contribution is 7.11. The first kappa shape index (κ1) is 14.6. The van der Waals surface area contributed by atoms with E-state index in [-0.39, 0.29) is 5.82 Å². The number of carbonyl (C=O) groups excluding carboxylic acids is 1. The summed E-state index contributed by atoms with van der Waals surface area (Å²) >= 11 is 1.24. The highest BCUT2D eigenvalue weighted by Gasteiger charge is 2.11. The molecule has 3 N–H and O–H groups in total. The van der Waals surface area contributed by atoms with Gasteiger partial charge in [0.1, 0.15) is 5.82 Å². The Bertz CT molecular complexity index is 602. The maximum absolute atomic E-state index is 13.1. The molecule has 0 aliphatic rings. The van der Waals surface area contributed by atoms with Crippen molar-refractivity contribution in [1.29, 1.82) is 0 Å². The molecule has 7 heteroatoms. The van der Waals surface area contributed by atoms with Gasteiger partial charge in [0.2, 0.25) is 0 Å². The molecule has 1 aromatic carbocycles. The largest absolute Gasteiger partial charge is 0.296 e. The minimum absolute atomic E-state index is 0.244. The number of carbonyl (C=O) groups is 1. The number of nitrogens with zero attached hydrogens (tertiary/aromatic N) is 2. The molecule has 1 amide bonds. The van der Waals surface area contributed by atoms with Crippen LogP contribution in [0.3, 0.4) is 0 Å². The van der Waals surface area contributed by atoms with Crippen molar-refractivity contribution in [2.24, 2.45) is 5.84 Å². The van der Waals surface area contributed by atoms with Crippen LogP contribution in [0.4, 0.5) is 4.39 Å². The molecule has 1 aromatic heterocycles. The van der Waals surface area contributed by atoms with Crippen molar-refractivity contribution in [1.82, 2.24) is 15.3 Å². The average molecular weight is 294 g/mol. The lowest BCUT2D eigenvalue weighted by molar-refractivity contribution is 0.0953. The van der Waals surface area contributed by atoms with Crippen molar-refractivity contribution in [2.45, 2.75) is 13.1 Å². The fourth-order valence-corrected chi connectivity index (χ4v) is 2.54. The number of hydrazine groups is 1. The van der Waals surface area contributed by atoms with Gasteiger partial charge in [0.25, 0.3) is 5.91 Å². The van der Waals surface area contributed by atoms with Crippen LogP contribution in [-0.4, -0.2) is 22.8 Å². The molecule has 20 heavy (non-hydrogen) atoms. The number of thiazole rings is 1.